The van der Waals surface area contributed by atoms with Crippen molar-refractivity contribution in [2.75, 3.05) is 6.54 Å². The summed E-state index contributed by atoms with van der Waals surface area (Å²) >= 11 is 0. The maximum atomic E-state index is 12.2. The highest BCUT2D eigenvalue weighted by atomic mass is 16.2. The van der Waals surface area contributed by atoms with E-state index in [1.54, 1.807) is 11.0 Å². The van der Waals surface area contributed by atoms with Crippen LogP contribution in [0, 0.1) is 0 Å². The second-order valence-electron chi connectivity index (χ2n) is 4.59. The Labute approximate surface area is 119 Å². The standard InChI is InChI=1S/C13H16N2O3.C2H6/c1-3-4-9-8(2)7-15(13(9)18)10-5-6-11(16)14-12(10)17;1-2/h3-4,10H,5-7H2,1-2H3,(H,14,16,17);1-2H3/b4-3-;. The number of allylic oxidation sites excluding steroid dienone is 1. The third-order valence-electron chi connectivity index (χ3n) is 3.28. The highest BCUT2D eigenvalue weighted by Gasteiger charge is 2.38. The molecule has 2 aliphatic rings. The van der Waals surface area contributed by atoms with Crippen molar-refractivity contribution in [2.45, 2.75) is 46.6 Å². The van der Waals surface area contributed by atoms with Crippen LogP contribution in [0.5, 0.6) is 0 Å². The lowest BCUT2D eigenvalue weighted by molar-refractivity contribution is -0.142. The maximum absolute atomic E-state index is 12.2. The van der Waals surface area contributed by atoms with Crippen LogP contribution >= 0.6 is 0 Å². The second-order valence-corrected chi connectivity index (χ2v) is 4.59. The van der Waals surface area contributed by atoms with E-state index >= 15 is 0 Å². The van der Waals surface area contributed by atoms with Gasteiger partial charge in [0.05, 0.1) is 0 Å². The zero-order chi connectivity index (χ0) is 15.3. The zero-order valence-corrected chi connectivity index (χ0v) is 12.5. The van der Waals surface area contributed by atoms with Crippen molar-refractivity contribution in [1.82, 2.24) is 10.2 Å². The van der Waals surface area contributed by atoms with Crippen LogP contribution in [0.1, 0.15) is 40.5 Å². The predicted molar refractivity (Wildman–Crippen MR) is 76.7 cm³/mol. The summed E-state index contributed by atoms with van der Waals surface area (Å²) in [4.78, 5) is 36.6. The van der Waals surface area contributed by atoms with E-state index in [0.29, 0.717) is 18.5 Å². The second kappa shape index (κ2) is 7.03. The summed E-state index contributed by atoms with van der Waals surface area (Å²) in [5, 5.41) is 2.28. The highest BCUT2D eigenvalue weighted by molar-refractivity contribution is 6.05. The first-order valence-electron chi connectivity index (χ1n) is 7.01. The average Bonchev–Trinajstić information content (AvgIpc) is 2.70. The van der Waals surface area contributed by atoms with Gasteiger partial charge in [-0.1, -0.05) is 26.0 Å². The van der Waals surface area contributed by atoms with E-state index in [0.717, 1.165) is 5.57 Å². The number of carbonyl (C=O) groups excluding carboxylic acids is 3. The molecule has 0 aromatic heterocycles. The van der Waals surface area contributed by atoms with Crippen LogP contribution < -0.4 is 5.32 Å². The molecule has 1 atom stereocenters. The first kappa shape index (κ1) is 16.1. The van der Waals surface area contributed by atoms with Crippen molar-refractivity contribution >= 4 is 17.7 Å². The molecular formula is C15H22N2O3. The fraction of sp³-hybridized carbons (Fsp3) is 0.533. The molecule has 2 heterocycles. The summed E-state index contributed by atoms with van der Waals surface area (Å²) in [6.45, 7) is 8.20. The van der Waals surface area contributed by atoms with E-state index < -0.39 is 6.04 Å². The molecule has 0 aliphatic carbocycles. The first-order valence-corrected chi connectivity index (χ1v) is 7.01. The van der Waals surface area contributed by atoms with Crippen molar-refractivity contribution in [3.05, 3.63) is 23.3 Å². The predicted octanol–water partition coefficient (Wildman–Crippen LogP) is 1.55. The Morgan fingerprint density at radius 1 is 1.25 bits per heavy atom. The summed E-state index contributed by atoms with van der Waals surface area (Å²) in [6, 6.07) is -0.520. The monoisotopic (exact) mass is 278 g/mol. The van der Waals surface area contributed by atoms with Gasteiger partial charge in [0.1, 0.15) is 6.04 Å². The number of hydrogen-bond acceptors (Lipinski definition) is 3. The highest BCUT2D eigenvalue weighted by Crippen LogP contribution is 2.25. The number of nitrogens with one attached hydrogen (secondary N) is 1. The van der Waals surface area contributed by atoms with Gasteiger partial charge in [-0.25, -0.2) is 0 Å². The third kappa shape index (κ3) is 3.15. The molecule has 5 nitrogen and oxygen atoms in total. The number of nitrogens with zero attached hydrogens (tertiary/aromatic N) is 1. The molecule has 0 radical (unpaired) electrons. The van der Waals surface area contributed by atoms with Crippen molar-refractivity contribution in [2.24, 2.45) is 0 Å². The van der Waals surface area contributed by atoms with Crippen LogP contribution in [0.25, 0.3) is 0 Å². The minimum Gasteiger partial charge on any atom is -0.323 e. The summed E-state index contributed by atoms with van der Waals surface area (Å²) in [7, 11) is 0. The molecule has 1 saturated heterocycles. The molecule has 0 saturated carbocycles. The summed E-state index contributed by atoms with van der Waals surface area (Å²) in [6.07, 6.45) is 4.28. The molecule has 5 heteroatoms. The smallest absolute Gasteiger partial charge is 0.254 e. The van der Waals surface area contributed by atoms with Gasteiger partial charge in [0.25, 0.3) is 5.91 Å². The Morgan fingerprint density at radius 3 is 2.45 bits per heavy atom. The van der Waals surface area contributed by atoms with E-state index in [1.807, 2.05) is 33.8 Å². The molecular weight excluding hydrogens is 256 g/mol. The lowest BCUT2D eigenvalue weighted by Gasteiger charge is -2.29. The fourth-order valence-electron chi connectivity index (χ4n) is 2.36. The number of carbonyl (C=O) groups is 3. The largest absolute Gasteiger partial charge is 0.323 e. The molecule has 1 fully saturated rings. The molecule has 0 aromatic carbocycles. The van der Waals surface area contributed by atoms with Gasteiger partial charge >= 0.3 is 0 Å². The molecule has 3 amide bonds. The number of hydrogen-bond donors (Lipinski definition) is 1. The Bertz CT molecular complexity index is 478. The number of imide groups is 1. The average molecular weight is 278 g/mol. The van der Waals surface area contributed by atoms with Crippen molar-refractivity contribution in [1.29, 1.82) is 0 Å². The lowest BCUT2D eigenvalue weighted by Crippen LogP contribution is -2.53. The summed E-state index contributed by atoms with van der Waals surface area (Å²) in [5.74, 6) is -0.754. The minimum absolute atomic E-state index is 0.125. The van der Waals surface area contributed by atoms with Crippen molar-refractivity contribution in [3.8, 4) is 0 Å². The molecule has 1 unspecified atom stereocenters. The van der Waals surface area contributed by atoms with Crippen molar-refractivity contribution < 1.29 is 14.4 Å². The topological polar surface area (TPSA) is 66.5 Å². The van der Waals surface area contributed by atoms with Gasteiger partial charge in [-0.2, -0.15) is 0 Å². The Kier molecular flexibility index (Phi) is 5.67. The van der Waals surface area contributed by atoms with Crippen LogP contribution in [0.15, 0.2) is 23.3 Å². The van der Waals surface area contributed by atoms with Gasteiger partial charge in [-0.3, -0.25) is 19.7 Å². The number of rotatable bonds is 2. The molecule has 20 heavy (non-hydrogen) atoms. The molecule has 2 aliphatic heterocycles. The Morgan fingerprint density at radius 2 is 1.90 bits per heavy atom. The Balaban J connectivity index is 0.000000956. The molecule has 110 valence electrons. The van der Waals surface area contributed by atoms with Gasteiger partial charge in [-0.05, 0) is 25.8 Å². The molecule has 1 N–H and O–H groups in total. The number of amides is 3. The van der Waals surface area contributed by atoms with Crippen LogP contribution in [0.3, 0.4) is 0 Å². The third-order valence-corrected chi connectivity index (χ3v) is 3.28. The van der Waals surface area contributed by atoms with E-state index in [-0.39, 0.29) is 24.1 Å². The summed E-state index contributed by atoms with van der Waals surface area (Å²) in [5.41, 5.74) is 1.62. The van der Waals surface area contributed by atoms with Crippen LogP contribution in [0.2, 0.25) is 0 Å². The van der Waals surface area contributed by atoms with Gasteiger partial charge < -0.3 is 4.90 Å². The normalized spacial score (nSPS) is 23.1. The SMILES string of the molecule is C/C=C\C1=C(C)CN(C2CCC(=O)NC2=O)C1=O.CC. The maximum Gasteiger partial charge on any atom is 0.254 e. The van der Waals surface area contributed by atoms with Gasteiger partial charge in [0.2, 0.25) is 11.8 Å². The van der Waals surface area contributed by atoms with Crippen LogP contribution in [0.4, 0.5) is 0 Å². The molecule has 0 bridgehead atoms. The minimum atomic E-state index is -0.520. The first-order chi connectivity index (χ1) is 9.54. The van der Waals surface area contributed by atoms with E-state index in [9.17, 15) is 14.4 Å². The van der Waals surface area contributed by atoms with E-state index in [1.165, 1.54) is 0 Å². The van der Waals surface area contributed by atoms with Crippen LogP contribution in [-0.2, 0) is 14.4 Å². The number of piperidine rings is 1. The molecule has 0 spiro atoms. The summed E-state index contributed by atoms with van der Waals surface area (Å²) < 4.78 is 0. The van der Waals surface area contributed by atoms with Gasteiger partial charge in [0.15, 0.2) is 0 Å². The van der Waals surface area contributed by atoms with E-state index in [4.69, 9.17) is 0 Å². The lowest BCUT2D eigenvalue weighted by atomic mass is 10.0. The quantitative estimate of drug-likeness (QED) is 0.779. The van der Waals surface area contributed by atoms with E-state index in [2.05, 4.69) is 5.32 Å². The Hall–Kier alpha value is -1.91. The van der Waals surface area contributed by atoms with Crippen molar-refractivity contribution in [3.63, 3.8) is 0 Å². The molecule has 0 aromatic rings. The zero-order valence-electron chi connectivity index (χ0n) is 12.5. The van der Waals surface area contributed by atoms with Gasteiger partial charge in [0, 0.05) is 18.5 Å². The van der Waals surface area contributed by atoms with Crippen LogP contribution in [-0.4, -0.2) is 35.2 Å². The van der Waals surface area contributed by atoms with Gasteiger partial charge in [-0.15, -0.1) is 0 Å². The molecule has 2 rings (SSSR count). The fourth-order valence-corrected chi connectivity index (χ4v) is 2.36.